The molecule has 1 aliphatic heterocycles. The second-order valence-electron chi connectivity index (χ2n) is 9.93. The molecule has 0 amide bonds. The minimum absolute atomic E-state index is 0.178. The fourth-order valence-electron chi connectivity index (χ4n) is 4.74. The molecule has 0 saturated carbocycles. The average Bonchev–Trinajstić information content (AvgIpc) is 3.08. The van der Waals surface area contributed by atoms with Crippen molar-refractivity contribution < 1.29 is 22.7 Å². The molecule has 8 heteroatoms. The number of fused-ring (bicyclic) bond motifs is 1. The molecule has 1 heterocycles. The largest absolute Gasteiger partial charge is 0.744 e. The van der Waals surface area contributed by atoms with E-state index in [9.17, 15) is 23.3 Å². The molecule has 4 rings (SSSR count). The SMILES string of the molecule is CCN(CC)c1ccc(/C=C/C2=[N+](C)c3ccc(C#N)cc3C2(C)C)c(O)c1.Cc1ccc(S(=O)(=O)[O-])cc1. The number of phenolic OH excluding ortho intramolecular Hbond substituents is 1. The predicted molar refractivity (Wildman–Crippen MR) is 155 cm³/mol. The number of rotatable bonds is 6. The van der Waals surface area contributed by atoms with Crippen molar-refractivity contribution >= 4 is 33.3 Å². The molecular formula is C31H35N3O4S. The van der Waals surface area contributed by atoms with Gasteiger partial charge in [-0.3, -0.25) is 0 Å². The van der Waals surface area contributed by atoms with Crippen LogP contribution >= 0.6 is 0 Å². The number of hydrogen-bond acceptors (Lipinski definition) is 6. The molecule has 0 saturated heterocycles. The van der Waals surface area contributed by atoms with E-state index < -0.39 is 10.1 Å². The molecule has 0 spiro atoms. The van der Waals surface area contributed by atoms with Crippen LogP contribution in [-0.4, -0.2) is 48.5 Å². The van der Waals surface area contributed by atoms with E-state index >= 15 is 0 Å². The van der Waals surface area contributed by atoms with Crippen LogP contribution in [0.15, 0.2) is 71.6 Å². The molecule has 3 aromatic carbocycles. The lowest BCUT2D eigenvalue weighted by Crippen LogP contribution is -2.26. The number of nitrogens with zero attached hydrogens (tertiary/aromatic N) is 3. The maximum Gasteiger partial charge on any atom is 0.209 e. The summed E-state index contributed by atoms with van der Waals surface area (Å²) in [6.07, 6.45) is 4.03. The molecule has 0 unspecified atom stereocenters. The lowest BCUT2D eigenvalue weighted by atomic mass is 9.80. The number of aromatic hydroxyl groups is 1. The zero-order valence-corrected chi connectivity index (χ0v) is 24.1. The Balaban J connectivity index is 0.000000320. The highest BCUT2D eigenvalue weighted by atomic mass is 32.2. The maximum atomic E-state index is 10.5. The molecule has 3 aromatic rings. The standard InChI is InChI=1S/C24H27N3O.C7H8O3S/c1-6-27(7-2)19-11-9-18(22(28)15-19)10-13-23-24(3,4)20-14-17(16-25)8-12-21(20)26(23)5;1-6-2-4-7(5-3-6)11(8,9)10/h8-15H,6-7H2,1-5H3;2-5H,1H3,(H,8,9,10). The van der Waals surface area contributed by atoms with Crippen molar-refractivity contribution in [2.24, 2.45) is 0 Å². The normalized spacial score (nSPS) is 14.0. The van der Waals surface area contributed by atoms with Gasteiger partial charge in [-0.25, -0.2) is 8.42 Å². The van der Waals surface area contributed by atoms with E-state index in [2.05, 4.69) is 55.4 Å². The summed E-state index contributed by atoms with van der Waals surface area (Å²) in [6, 6.07) is 19.7. The van der Waals surface area contributed by atoms with Crippen molar-refractivity contribution in [2.75, 3.05) is 25.0 Å². The Morgan fingerprint density at radius 1 is 1.03 bits per heavy atom. The predicted octanol–water partition coefficient (Wildman–Crippen LogP) is 5.73. The van der Waals surface area contributed by atoms with Gasteiger partial charge in [-0.2, -0.15) is 9.84 Å². The van der Waals surface area contributed by atoms with Crippen LogP contribution in [0.3, 0.4) is 0 Å². The minimum atomic E-state index is -4.27. The van der Waals surface area contributed by atoms with Crippen LogP contribution < -0.4 is 4.90 Å². The zero-order valence-electron chi connectivity index (χ0n) is 23.3. The molecule has 0 bridgehead atoms. The van der Waals surface area contributed by atoms with Crippen LogP contribution in [0.25, 0.3) is 6.08 Å². The Morgan fingerprint density at radius 2 is 1.67 bits per heavy atom. The third-order valence-corrected chi connectivity index (χ3v) is 7.88. The first kappa shape index (κ1) is 29.6. The fourth-order valence-corrected chi connectivity index (χ4v) is 5.21. The highest BCUT2D eigenvalue weighted by molar-refractivity contribution is 7.85. The second kappa shape index (κ2) is 11.9. The Bertz CT molecular complexity index is 1560. The molecular weight excluding hydrogens is 510 g/mol. The smallest absolute Gasteiger partial charge is 0.209 e. The lowest BCUT2D eigenvalue weighted by molar-refractivity contribution is -0.401. The van der Waals surface area contributed by atoms with Crippen molar-refractivity contribution in [3.63, 3.8) is 0 Å². The van der Waals surface area contributed by atoms with Crippen molar-refractivity contribution in [3.05, 3.63) is 89.0 Å². The van der Waals surface area contributed by atoms with Gasteiger partial charge in [0.25, 0.3) is 0 Å². The second-order valence-corrected chi connectivity index (χ2v) is 11.3. The number of allylic oxidation sites excluding steroid dienone is 1. The molecule has 1 N–H and O–H groups in total. The third kappa shape index (κ3) is 6.56. The van der Waals surface area contributed by atoms with Gasteiger partial charge in [0, 0.05) is 48.1 Å². The number of aryl methyl sites for hydroxylation is 1. The summed E-state index contributed by atoms with van der Waals surface area (Å²) in [6.45, 7) is 12.2. The van der Waals surface area contributed by atoms with Crippen LogP contribution in [0, 0.1) is 18.3 Å². The van der Waals surface area contributed by atoms with Crippen molar-refractivity contribution in [3.8, 4) is 11.8 Å². The van der Waals surface area contributed by atoms with Gasteiger partial charge in [0.2, 0.25) is 5.69 Å². The van der Waals surface area contributed by atoms with Gasteiger partial charge in [0.1, 0.15) is 22.9 Å². The van der Waals surface area contributed by atoms with Crippen LogP contribution in [0.2, 0.25) is 0 Å². The van der Waals surface area contributed by atoms with Crippen LogP contribution in [0.5, 0.6) is 5.75 Å². The summed E-state index contributed by atoms with van der Waals surface area (Å²) in [4.78, 5) is 2.03. The molecule has 0 atom stereocenters. The first-order chi connectivity index (χ1) is 18.3. The van der Waals surface area contributed by atoms with Gasteiger partial charge in [-0.05, 0) is 77.1 Å². The van der Waals surface area contributed by atoms with Crippen LogP contribution in [0.4, 0.5) is 11.4 Å². The highest BCUT2D eigenvalue weighted by Gasteiger charge is 2.43. The van der Waals surface area contributed by atoms with E-state index in [0.717, 1.165) is 46.9 Å². The number of nitriles is 1. The van der Waals surface area contributed by atoms with E-state index in [1.165, 1.54) is 12.1 Å². The third-order valence-electron chi connectivity index (χ3n) is 7.04. The molecule has 7 nitrogen and oxygen atoms in total. The van der Waals surface area contributed by atoms with Crippen LogP contribution in [0.1, 0.15) is 49.9 Å². The first-order valence-electron chi connectivity index (χ1n) is 12.8. The van der Waals surface area contributed by atoms with E-state index in [4.69, 9.17) is 0 Å². The van der Waals surface area contributed by atoms with E-state index in [0.29, 0.717) is 5.56 Å². The summed E-state index contributed by atoms with van der Waals surface area (Å²) in [5.74, 6) is 0.281. The Morgan fingerprint density at radius 3 is 2.21 bits per heavy atom. The number of benzene rings is 3. The summed E-state index contributed by atoms with van der Waals surface area (Å²) in [7, 11) is -2.23. The summed E-state index contributed by atoms with van der Waals surface area (Å²) in [5.41, 5.74) is 6.60. The van der Waals surface area contributed by atoms with Gasteiger partial charge in [0.15, 0.2) is 5.71 Å². The molecule has 0 fully saturated rings. The van der Waals surface area contributed by atoms with Gasteiger partial charge >= 0.3 is 0 Å². The van der Waals surface area contributed by atoms with Gasteiger partial charge in [0.05, 0.1) is 21.9 Å². The number of phenols is 1. The molecule has 1 aliphatic rings. The average molecular weight is 546 g/mol. The molecule has 0 radical (unpaired) electrons. The van der Waals surface area contributed by atoms with Crippen LogP contribution in [-0.2, 0) is 15.5 Å². The topological polar surface area (TPSA) is 107 Å². The molecule has 204 valence electrons. The minimum Gasteiger partial charge on any atom is -0.744 e. The monoisotopic (exact) mass is 545 g/mol. The van der Waals surface area contributed by atoms with E-state index in [1.807, 2.05) is 50.4 Å². The van der Waals surface area contributed by atoms with E-state index in [-0.39, 0.29) is 16.1 Å². The van der Waals surface area contributed by atoms with Gasteiger partial charge < -0.3 is 14.6 Å². The van der Waals surface area contributed by atoms with Crippen molar-refractivity contribution in [1.82, 2.24) is 0 Å². The van der Waals surface area contributed by atoms with Gasteiger partial charge in [-0.15, -0.1) is 0 Å². The lowest BCUT2D eigenvalue weighted by Gasteiger charge is -2.21. The molecule has 0 aliphatic carbocycles. The number of anilines is 1. The summed E-state index contributed by atoms with van der Waals surface area (Å²) in [5, 5.41) is 19.7. The maximum absolute atomic E-state index is 10.5. The van der Waals surface area contributed by atoms with E-state index in [1.54, 1.807) is 12.1 Å². The summed E-state index contributed by atoms with van der Waals surface area (Å²) < 4.78 is 33.3. The summed E-state index contributed by atoms with van der Waals surface area (Å²) >= 11 is 0. The molecule has 39 heavy (non-hydrogen) atoms. The Kier molecular flexibility index (Phi) is 9.00. The first-order valence-corrected chi connectivity index (χ1v) is 14.2. The Hall–Kier alpha value is -3.93. The highest BCUT2D eigenvalue weighted by Crippen LogP contribution is 2.40. The van der Waals surface area contributed by atoms with Crippen molar-refractivity contribution in [2.45, 2.75) is 44.9 Å². The Labute approximate surface area is 231 Å². The number of hydrogen-bond donors (Lipinski definition) is 1. The van der Waals surface area contributed by atoms with Crippen molar-refractivity contribution in [1.29, 1.82) is 5.26 Å². The zero-order chi connectivity index (χ0) is 29.0. The molecule has 0 aromatic heterocycles. The quantitative estimate of drug-likeness (QED) is 0.313. The van der Waals surface area contributed by atoms with Gasteiger partial charge in [-0.1, -0.05) is 17.7 Å². The fraction of sp³-hybridized carbons (Fsp3) is 0.290.